The van der Waals surface area contributed by atoms with Crippen molar-refractivity contribution in [3.8, 4) is 0 Å². The van der Waals surface area contributed by atoms with Crippen molar-refractivity contribution >= 4 is 11.0 Å². The topological polar surface area (TPSA) is 57.2 Å². The van der Waals surface area contributed by atoms with E-state index in [4.69, 9.17) is 5.41 Å². The van der Waals surface area contributed by atoms with Gasteiger partial charge < -0.3 is 19.1 Å². The molecule has 3 rings (SSSR count). The van der Waals surface area contributed by atoms with E-state index in [-0.39, 0.29) is 5.41 Å². The Morgan fingerprint density at radius 3 is 2.20 bits per heavy atom. The second kappa shape index (κ2) is 7.34. The molecular formula is C20H32N4O. The Labute approximate surface area is 150 Å². The van der Waals surface area contributed by atoms with E-state index in [1.165, 1.54) is 32.4 Å². The first-order chi connectivity index (χ1) is 11.9. The summed E-state index contributed by atoms with van der Waals surface area (Å²) in [6, 6.07) is 8.18. The molecule has 0 aliphatic carbocycles. The highest BCUT2D eigenvalue weighted by Gasteiger charge is 2.24. The minimum Gasteiger partial charge on any atom is -0.391 e. The number of nitrogens with one attached hydrogen (secondary N) is 1. The molecule has 1 aliphatic heterocycles. The highest BCUT2D eigenvalue weighted by molar-refractivity contribution is 5.75. The number of aliphatic hydroxyl groups is 1. The van der Waals surface area contributed by atoms with E-state index < -0.39 is 6.10 Å². The van der Waals surface area contributed by atoms with Crippen LogP contribution in [0.3, 0.4) is 0 Å². The lowest BCUT2D eigenvalue weighted by Gasteiger charge is -2.26. The number of aromatic nitrogens is 2. The Bertz CT molecular complexity index is 762. The number of fused-ring (bicyclic) bond motifs is 1. The quantitative estimate of drug-likeness (QED) is 0.876. The van der Waals surface area contributed by atoms with Gasteiger partial charge in [-0.1, -0.05) is 39.3 Å². The molecule has 1 saturated heterocycles. The summed E-state index contributed by atoms with van der Waals surface area (Å²) < 4.78 is 4.06. The molecule has 138 valence electrons. The normalized spacial score (nSPS) is 17.9. The molecule has 25 heavy (non-hydrogen) atoms. The SMILES string of the molecule is CC(C)(C)[C@H](O)Cn1c(=N)n(CCN2CCCCC2)c2ccccc21. The number of piperidine rings is 1. The number of likely N-dealkylation sites (tertiary alicyclic amines) is 1. The van der Waals surface area contributed by atoms with Crippen LogP contribution in [-0.4, -0.2) is 44.9 Å². The van der Waals surface area contributed by atoms with Crippen LogP contribution in [0.15, 0.2) is 24.3 Å². The fourth-order valence-corrected chi connectivity index (χ4v) is 3.58. The van der Waals surface area contributed by atoms with Crippen molar-refractivity contribution in [2.45, 2.75) is 59.2 Å². The van der Waals surface area contributed by atoms with E-state index in [2.05, 4.69) is 21.6 Å². The first-order valence-electron chi connectivity index (χ1n) is 9.51. The van der Waals surface area contributed by atoms with E-state index >= 15 is 0 Å². The lowest BCUT2D eigenvalue weighted by molar-refractivity contribution is 0.0477. The average molecular weight is 345 g/mol. The Morgan fingerprint density at radius 2 is 1.60 bits per heavy atom. The third kappa shape index (κ3) is 3.98. The van der Waals surface area contributed by atoms with E-state index in [0.29, 0.717) is 12.2 Å². The van der Waals surface area contributed by atoms with Crippen molar-refractivity contribution in [1.29, 1.82) is 5.41 Å². The molecule has 0 bridgehead atoms. The second-order valence-electron chi connectivity index (χ2n) is 8.36. The molecule has 1 fully saturated rings. The van der Waals surface area contributed by atoms with E-state index in [9.17, 15) is 5.11 Å². The number of hydrogen-bond donors (Lipinski definition) is 2. The lowest BCUT2D eigenvalue weighted by atomic mass is 9.89. The molecule has 0 unspecified atom stereocenters. The maximum atomic E-state index is 10.5. The lowest BCUT2D eigenvalue weighted by Crippen LogP contribution is -2.37. The number of nitrogens with zero attached hydrogens (tertiary/aromatic N) is 3. The number of benzene rings is 1. The largest absolute Gasteiger partial charge is 0.391 e. The van der Waals surface area contributed by atoms with Crippen LogP contribution in [0.5, 0.6) is 0 Å². The molecule has 0 radical (unpaired) electrons. The molecule has 1 aliphatic rings. The van der Waals surface area contributed by atoms with Crippen LogP contribution < -0.4 is 5.62 Å². The zero-order valence-corrected chi connectivity index (χ0v) is 15.8. The molecule has 2 aromatic rings. The van der Waals surface area contributed by atoms with Crippen LogP contribution in [0.1, 0.15) is 40.0 Å². The maximum absolute atomic E-state index is 10.5. The molecular weight excluding hydrogens is 312 g/mol. The molecule has 5 nitrogen and oxygen atoms in total. The maximum Gasteiger partial charge on any atom is 0.203 e. The van der Waals surface area contributed by atoms with Gasteiger partial charge in [-0.2, -0.15) is 0 Å². The number of para-hydroxylation sites is 2. The molecule has 0 spiro atoms. The summed E-state index contributed by atoms with van der Waals surface area (Å²) in [6.07, 6.45) is 3.44. The smallest absolute Gasteiger partial charge is 0.203 e. The van der Waals surface area contributed by atoms with Gasteiger partial charge in [0.1, 0.15) is 0 Å². The van der Waals surface area contributed by atoms with E-state index in [1.807, 2.05) is 37.5 Å². The number of aliphatic hydroxyl groups excluding tert-OH is 1. The standard InChI is InChI=1S/C20H32N4O/c1-20(2,3)18(25)15-24-17-10-6-5-9-16(17)23(19(24)21)14-13-22-11-7-4-8-12-22/h5-6,9-10,18,21,25H,4,7-8,11-15H2,1-3H3/t18-/m1/s1. The van der Waals surface area contributed by atoms with E-state index in [1.54, 1.807) is 0 Å². The minimum absolute atomic E-state index is 0.198. The summed E-state index contributed by atoms with van der Waals surface area (Å²) in [5, 5.41) is 19.2. The molecule has 1 atom stereocenters. The fourth-order valence-electron chi connectivity index (χ4n) is 3.58. The van der Waals surface area contributed by atoms with Crippen LogP contribution in [0.2, 0.25) is 0 Å². The molecule has 1 aromatic carbocycles. The van der Waals surface area contributed by atoms with Gasteiger partial charge in [0.05, 0.1) is 23.7 Å². The summed E-state index contributed by atoms with van der Waals surface area (Å²) in [7, 11) is 0. The van der Waals surface area contributed by atoms with Crippen molar-refractivity contribution in [2.24, 2.45) is 5.41 Å². The van der Waals surface area contributed by atoms with Crippen LogP contribution in [0, 0.1) is 10.8 Å². The molecule has 2 N–H and O–H groups in total. The second-order valence-corrected chi connectivity index (χ2v) is 8.36. The van der Waals surface area contributed by atoms with Gasteiger partial charge in [-0.25, -0.2) is 0 Å². The fraction of sp³-hybridized carbons (Fsp3) is 0.650. The van der Waals surface area contributed by atoms with Gasteiger partial charge >= 0.3 is 0 Å². The summed E-state index contributed by atoms with van der Waals surface area (Å²) in [5.74, 6) is 0. The van der Waals surface area contributed by atoms with Gasteiger partial charge in [0.25, 0.3) is 0 Å². The van der Waals surface area contributed by atoms with Crippen LogP contribution in [0.4, 0.5) is 0 Å². The van der Waals surface area contributed by atoms with Gasteiger partial charge in [0, 0.05) is 13.1 Å². The first kappa shape index (κ1) is 18.2. The summed E-state index contributed by atoms with van der Waals surface area (Å²) >= 11 is 0. The zero-order chi connectivity index (χ0) is 18.0. The Hall–Kier alpha value is -1.59. The Kier molecular flexibility index (Phi) is 5.35. The van der Waals surface area contributed by atoms with Gasteiger partial charge in [-0.05, 0) is 43.5 Å². The van der Waals surface area contributed by atoms with Crippen LogP contribution in [0.25, 0.3) is 11.0 Å². The molecule has 1 aromatic heterocycles. The minimum atomic E-state index is -0.483. The van der Waals surface area contributed by atoms with Gasteiger partial charge in [-0.15, -0.1) is 0 Å². The molecule has 2 heterocycles. The molecule has 0 amide bonds. The monoisotopic (exact) mass is 344 g/mol. The number of imidazole rings is 1. The number of hydrogen-bond acceptors (Lipinski definition) is 3. The van der Waals surface area contributed by atoms with Crippen LogP contribution >= 0.6 is 0 Å². The van der Waals surface area contributed by atoms with Gasteiger partial charge in [-0.3, -0.25) is 5.41 Å². The van der Waals surface area contributed by atoms with E-state index in [0.717, 1.165) is 24.1 Å². The summed E-state index contributed by atoms with van der Waals surface area (Å²) in [5.41, 5.74) is 2.41. The first-order valence-corrected chi connectivity index (χ1v) is 9.51. The Balaban J connectivity index is 1.88. The predicted octanol–water partition coefficient (Wildman–Crippen LogP) is 2.82. The van der Waals surface area contributed by atoms with Crippen molar-refractivity contribution in [2.75, 3.05) is 19.6 Å². The van der Waals surface area contributed by atoms with Crippen molar-refractivity contribution in [3.05, 3.63) is 29.9 Å². The average Bonchev–Trinajstić information content (AvgIpc) is 2.85. The predicted molar refractivity (Wildman–Crippen MR) is 102 cm³/mol. The summed E-state index contributed by atoms with van der Waals surface area (Å²) in [6.45, 7) is 10.8. The molecule has 0 saturated carbocycles. The highest BCUT2D eigenvalue weighted by atomic mass is 16.3. The number of rotatable bonds is 5. The van der Waals surface area contributed by atoms with Crippen molar-refractivity contribution in [3.63, 3.8) is 0 Å². The highest BCUT2D eigenvalue weighted by Crippen LogP contribution is 2.22. The summed E-state index contributed by atoms with van der Waals surface area (Å²) in [4.78, 5) is 2.51. The van der Waals surface area contributed by atoms with Crippen molar-refractivity contribution < 1.29 is 5.11 Å². The van der Waals surface area contributed by atoms with Gasteiger partial charge in [0.2, 0.25) is 5.62 Å². The zero-order valence-electron chi connectivity index (χ0n) is 15.8. The third-order valence-electron chi connectivity index (χ3n) is 5.42. The van der Waals surface area contributed by atoms with Crippen LogP contribution in [-0.2, 0) is 13.1 Å². The van der Waals surface area contributed by atoms with Crippen molar-refractivity contribution in [1.82, 2.24) is 14.0 Å². The molecule has 5 heteroatoms. The van der Waals surface area contributed by atoms with Gasteiger partial charge in [0.15, 0.2) is 0 Å². The third-order valence-corrected chi connectivity index (χ3v) is 5.42. The Morgan fingerprint density at radius 1 is 1.00 bits per heavy atom.